The average molecular weight is 201 g/mol. The highest BCUT2D eigenvalue weighted by Crippen LogP contribution is 2.21. The predicted molar refractivity (Wildman–Crippen MR) is 57.2 cm³/mol. The van der Waals surface area contributed by atoms with Crippen molar-refractivity contribution in [1.82, 2.24) is 4.90 Å². The van der Waals surface area contributed by atoms with Crippen LogP contribution in [0.4, 0.5) is 0 Å². The van der Waals surface area contributed by atoms with Crippen molar-refractivity contribution in [1.29, 1.82) is 0 Å². The van der Waals surface area contributed by atoms with Crippen LogP contribution in [0.15, 0.2) is 0 Å². The molecule has 0 aromatic rings. The molecule has 3 heteroatoms. The number of rotatable bonds is 3. The molecule has 1 atom stereocenters. The first-order valence-corrected chi connectivity index (χ1v) is 5.46. The van der Waals surface area contributed by atoms with E-state index in [1.54, 1.807) is 0 Å². The van der Waals surface area contributed by atoms with Gasteiger partial charge in [0.1, 0.15) is 0 Å². The normalized spacial score (nSPS) is 30.6. The number of piperidine rings is 1. The van der Waals surface area contributed by atoms with Crippen molar-refractivity contribution in [2.75, 3.05) is 19.6 Å². The van der Waals surface area contributed by atoms with Gasteiger partial charge in [-0.15, -0.1) is 0 Å². The van der Waals surface area contributed by atoms with Gasteiger partial charge in [-0.3, -0.25) is 0 Å². The number of β-amino-alcohol motifs (C(OH)–C–C–N with tert-alkyl or cyclic N) is 1. The third-order valence-electron chi connectivity index (χ3n) is 2.79. The quantitative estimate of drug-likeness (QED) is 0.716. The Morgan fingerprint density at radius 3 is 2.57 bits per heavy atom. The zero-order valence-corrected chi connectivity index (χ0v) is 9.58. The van der Waals surface area contributed by atoms with Gasteiger partial charge in [0.2, 0.25) is 0 Å². The highest BCUT2D eigenvalue weighted by molar-refractivity contribution is 4.83. The van der Waals surface area contributed by atoms with Crippen LogP contribution < -0.4 is 0 Å². The molecular weight excluding hydrogens is 178 g/mol. The van der Waals surface area contributed by atoms with Crippen molar-refractivity contribution in [2.45, 2.75) is 51.2 Å². The fraction of sp³-hybridized carbons (Fsp3) is 1.00. The molecule has 1 unspecified atom stereocenters. The van der Waals surface area contributed by atoms with Gasteiger partial charge >= 0.3 is 0 Å². The number of likely N-dealkylation sites (tertiary alicyclic amines) is 1. The van der Waals surface area contributed by atoms with Crippen LogP contribution in [0.1, 0.15) is 40.0 Å². The molecule has 1 heterocycles. The van der Waals surface area contributed by atoms with Gasteiger partial charge in [0.05, 0.1) is 11.2 Å². The molecule has 1 saturated heterocycles. The van der Waals surface area contributed by atoms with Crippen LogP contribution in [-0.2, 0) is 0 Å². The molecule has 0 aromatic carbocycles. The summed E-state index contributed by atoms with van der Waals surface area (Å²) in [6, 6.07) is 0. The van der Waals surface area contributed by atoms with E-state index in [4.69, 9.17) is 0 Å². The first-order valence-electron chi connectivity index (χ1n) is 5.46. The van der Waals surface area contributed by atoms with E-state index in [0.717, 1.165) is 38.9 Å². The third-order valence-corrected chi connectivity index (χ3v) is 2.79. The summed E-state index contributed by atoms with van der Waals surface area (Å²) in [6.45, 7) is 8.21. The van der Waals surface area contributed by atoms with Crippen LogP contribution in [0.2, 0.25) is 0 Å². The Morgan fingerprint density at radius 2 is 2.07 bits per heavy atom. The van der Waals surface area contributed by atoms with E-state index in [0.29, 0.717) is 0 Å². The van der Waals surface area contributed by atoms with Gasteiger partial charge in [0.25, 0.3) is 0 Å². The van der Waals surface area contributed by atoms with E-state index >= 15 is 0 Å². The van der Waals surface area contributed by atoms with Crippen molar-refractivity contribution >= 4 is 0 Å². The lowest BCUT2D eigenvalue weighted by molar-refractivity contribution is -0.0247. The van der Waals surface area contributed by atoms with E-state index in [9.17, 15) is 10.2 Å². The molecule has 14 heavy (non-hydrogen) atoms. The van der Waals surface area contributed by atoms with Crippen LogP contribution in [0.25, 0.3) is 0 Å². The van der Waals surface area contributed by atoms with E-state index in [-0.39, 0.29) is 0 Å². The highest BCUT2D eigenvalue weighted by Gasteiger charge is 2.28. The number of aliphatic hydroxyl groups is 2. The first-order chi connectivity index (χ1) is 6.29. The molecule has 0 spiro atoms. The fourth-order valence-electron chi connectivity index (χ4n) is 1.95. The maximum atomic E-state index is 9.87. The standard InChI is InChI=1S/C11H23NO2/c1-10(2,13)6-8-12-7-4-5-11(3,14)9-12/h13-14H,4-9H2,1-3H3. The summed E-state index contributed by atoms with van der Waals surface area (Å²) in [6.07, 6.45) is 2.72. The van der Waals surface area contributed by atoms with E-state index < -0.39 is 11.2 Å². The smallest absolute Gasteiger partial charge is 0.0746 e. The van der Waals surface area contributed by atoms with Crippen molar-refractivity contribution in [3.05, 3.63) is 0 Å². The van der Waals surface area contributed by atoms with Crippen LogP contribution in [0.3, 0.4) is 0 Å². The SMILES string of the molecule is CC(C)(O)CCN1CCCC(C)(O)C1. The Balaban J connectivity index is 2.32. The molecule has 0 amide bonds. The molecule has 1 fully saturated rings. The van der Waals surface area contributed by atoms with Crippen LogP contribution >= 0.6 is 0 Å². The zero-order chi connectivity index (χ0) is 10.8. The second-order valence-corrected chi connectivity index (χ2v) is 5.44. The Morgan fingerprint density at radius 1 is 1.43 bits per heavy atom. The van der Waals surface area contributed by atoms with Gasteiger partial charge < -0.3 is 15.1 Å². The average Bonchev–Trinajstić information content (AvgIpc) is 1.98. The second-order valence-electron chi connectivity index (χ2n) is 5.44. The largest absolute Gasteiger partial charge is 0.390 e. The zero-order valence-electron chi connectivity index (χ0n) is 9.58. The molecule has 84 valence electrons. The minimum atomic E-state index is -0.594. The summed E-state index contributed by atoms with van der Waals surface area (Å²) < 4.78 is 0. The minimum absolute atomic E-state index is 0.530. The van der Waals surface area contributed by atoms with Crippen molar-refractivity contribution in [3.63, 3.8) is 0 Å². The molecule has 1 rings (SSSR count). The van der Waals surface area contributed by atoms with E-state index in [1.165, 1.54) is 0 Å². The maximum absolute atomic E-state index is 9.87. The molecular formula is C11H23NO2. The summed E-state index contributed by atoms with van der Waals surface area (Å²) in [7, 11) is 0. The fourth-order valence-corrected chi connectivity index (χ4v) is 1.95. The lowest BCUT2D eigenvalue weighted by Crippen LogP contribution is -2.47. The summed E-state index contributed by atoms with van der Waals surface area (Å²) in [4.78, 5) is 2.24. The molecule has 1 aliphatic heterocycles. The lowest BCUT2D eigenvalue weighted by Gasteiger charge is -2.37. The minimum Gasteiger partial charge on any atom is -0.390 e. The summed E-state index contributed by atoms with van der Waals surface area (Å²) in [5, 5.41) is 19.5. The van der Waals surface area contributed by atoms with Crippen molar-refractivity contribution < 1.29 is 10.2 Å². The molecule has 2 N–H and O–H groups in total. The Hall–Kier alpha value is -0.120. The maximum Gasteiger partial charge on any atom is 0.0746 e. The summed E-state index contributed by atoms with van der Waals surface area (Å²) in [5.41, 5.74) is -1.12. The Bertz CT molecular complexity index is 184. The Kier molecular flexibility index (Phi) is 3.56. The number of nitrogens with zero attached hydrogens (tertiary/aromatic N) is 1. The number of hydrogen-bond donors (Lipinski definition) is 2. The second kappa shape index (κ2) is 4.17. The Labute approximate surface area is 86.7 Å². The molecule has 1 aliphatic rings. The van der Waals surface area contributed by atoms with Crippen LogP contribution in [0.5, 0.6) is 0 Å². The van der Waals surface area contributed by atoms with E-state index in [1.807, 2.05) is 20.8 Å². The van der Waals surface area contributed by atoms with Crippen molar-refractivity contribution in [2.24, 2.45) is 0 Å². The third kappa shape index (κ3) is 4.40. The van der Waals surface area contributed by atoms with Gasteiger partial charge in [-0.25, -0.2) is 0 Å². The summed E-state index contributed by atoms with van der Waals surface area (Å²) in [5.74, 6) is 0. The van der Waals surface area contributed by atoms with Gasteiger partial charge in [0.15, 0.2) is 0 Å². The lowest BCUT2D eigenvalue weighted by atomic mass is 9.94. The molecule has 0 bridgehead atoms. The molecule has 0 aliphatic carbocycles. The predicted octanol–water partition coefficient (Wildman–Crippen LogP) is 0.994. The number of hydrogen-bond acceptors (Lipinski definition) is 3. The highest BCUT2D eigenvalue weighted by atomic mass is 16.3. The van der Waals surface area contributed by atoms with Gasteiger partial charge in [-0.1, -0.05) is 0 Å². The monoisotopic (exact) mass is 201 g/mol. The molecule has 3 nitrogen and oxygen atoms in total. The van der Waals surface area contributed by atoms with Gasteiger partial charge in [-0.2, -0.15) is 0 Å². The van der Waals surface area contributed by atoms with Crippen molar-refractivity contribution in [3.8, 4) is 0 Å². The molecule has 0 aromatic heterocycles. The van der Waals surface area contributed by atoms with Crippen LogP contribution in [-0.4, -0.2) is 45.9 Å². The van der Waals surface area contributed by atoms with Gasteiger partial charge in [-0.05, 0) is 46.6 Å². The molecule has 0 radical (unpaired) electrons. The topological polar surface area (TPSA) is 43.7 Å². The first kappa shape index (κ1) is 12.0. The van der Waals surface area contributed by atoms with E-state index in [2.05, 4.69) is 4.90 Å². The molecule has 0 saturated carbocycles. The van der Waals surface area contributed by atoms with Gasteiger partial charge in [0, 0.05) is 13.1 Å². The van der Waals surface area contributed by atoms with Crippen LogP contribution in [0, 0.1) is 0 Å². The summed E-state index contributed by atoms with van der Waals surface area (Å²) >= 11 is 0.